The van der Waals surface area contributed by atoms with Crippen LogP contribution in [0.15, 0.2) is 33.7 Å². The molecule has 6 nitrogen and oxygen atoms in total. The van der Waals surface area contributed by atoms with E-state index in [1.807, 2.05) is 0 Å². The number of rotatable bonds is 4. The van der Waals surface area contributed by atoms with E-state index >= 15 is 0 Å². The molecule has 1 heterocycles. The van der Waals surface area contributed by atoms with Crippen LogP contribution in [0.3, 0.4) is 0 Å². The lowest BCUT2D eigenvalue weighted by molar-refractivity contribution is -0.140. The van der Waals surface area contributed by atoms with Crippen LogP contribution in [0.1, 0.15) is 5.69 Å². The minimum Gasteiger partial charge on any atom is -0.368 e. The fourth-order valence-electron chi connectivity index (χ4n) is 1.67. The van der Waals surface area contributed by atoms with Crippen molar-refractivity contribution in [1.29, 1.82) is 0 Å². The molecule has 0 saturated heterocycles. The third kappa shape index (κ3) is 3.91. The Kier molecular flexibility index (Phi) is 4.65. The number of halogens is 4. The maximum Gasteiger partial charge on any atom is 0.434 e. The van der Waals surface area contributed by atoms with Gasteiger partial charge in [0.15, 0.2) is 5.69 Å². The number of hydrogen-bond acceptors (Lipinski definition) is 3. The van der Waals surface area contributed by atoms with Gasteiger partial charge in [-0.05, 0) is 18.2 Å². The van der Waals surface area contributed by atoms with E-state index in [1.54, 1.807) is 14.1 Å². The Balaban J connectivity index is 2.39. The van der Waals surface area contributed by atoms with Crippen molar-refractivity contribution in [2.75, 3.05) is 14.1 Å². The summed E-state index contributed by atoms with van der Waals surface area (Å²) < 4.78 is 78.8. The number of aromatic nitrogens is 2. The van der Waals surface area contributed by atoms with E-state index in [4.69, 9.17) is 0 Å². The topological polar surface area (TPSA) is 78.4 Å². The maximum absolute atomic E-state index is 14.1. The van der Waals surface area contributed by atoms with Crippen molar-refractivity contribution in [1.82, 2.24) is 14.9 Å². The monoisotopic (exact) mass is 364 g/mol. The molecule has 0 spiro atoms. The van der Waals surface area contributed by atoms with Crippen LogP contribution in [0.25, 0.3) is 11.4 Å². The van der Waals surface area contributed by atoms with Gasteiger partial charge in [-0.2, -0.15) is 21.6 Å². The Morgan fingerprint density at radius 3 is 2.46 bits per heavy atom. The molecular formula is C13H12F4N4O2S. The lowest BCUT2D eigenvalue weighted by atomic mass is 10.2. The third-order valence-corrected chi connectivity index (χ3v) is 4.00. The van der Waals surface area contributed by atoms with E-state index in [2.05, 4.69) is 14.4 Å². The molecule has 0 fully saturated rings. The third-order valence-electron chi connectivity index (χ3n) is 2.78. The number of alkyl halides is 3. The van der Waals surface area contributed by atoms with Crippen molar-refractivity contribution in [3.8, 4) is 11.4 Å². The summed E-state index contributed by atoms with van der Waals surface area (Å²) in [6.45, 7) is 0. The number of sulfonamides is 1. The van der Waals surface area contributed by atoms with Gasteiger partial charge in [0.2, 0.25) is 0 Å². The van der Waals surface area contributed by atoms with Gasteiger partial charge in [-0.25, -0.2) is 9.37 Å². The molecule has 2 rings (SSSR count). The lowest BCUT2D eigenvalue weighted by Gasteiger charge is -2.05. The first kappa shape index (κ1) is 17.9. The molecule has 1 N–H and O–H groups in total. The number of hydrogen-bond donors (Lipinski definition) is 1. The largest absolute Gasteiger partial charge is 0.434 e. The van der Waals surface area contributed by atoms with Crippen molar-refractivity contribution in [3.63, 3.8) is 0 Å². The van der Waals surface area contributed by atoms with Gasteiger partial charge >= 0.3 is 6.18 Å². The molecule has 1 aromatic heterocycles. The quantitative estimate of drug-likeness (QED) is 0.514. The molecule has 11 heteroatoms. The van der Waals surface area contributed by atoms with Crippen molar-refractivity contribution in [2.45, 2.75) is 11.1 Å². The van der Waals surface area contributed by atoms with Gasteiger partial charge in [-0.3, -0.25) is 0 Å². The molecule has 0 aliphatic heterocycles. The van der Waals surface area contributed by atoms with Crippen LogP contribution in [-0.2, 0) is 16.2 Å². The summed E-state index contributed by atoms with van der Waals surface area (Å²) >= 11 is 0. The molecule has 2 aromatic rings. The molecule has 1 aromatic carbocycles. The Morgan fingerprint density at radius 2 is 1.96 bits per heavy atom. The first-order valence-electron chi connectivity index (χ1n) is 6.40. The predicted octanol–water partition coefficient (Wildman–Crippen LogP) is 2.51. The van der Waals surface area contributed by atoms with E-state index in [1.165, 1.54) is 4.90 Å². The van der Waals surface area contributed by atoms with Crippen LogP contribution in [-0.4, -0.2) is 43.7 Å². The molecule has 24 heavy (non-hydrogen) atoms. The van der Waals surface area contributed by atoms with Crippen LogP contribution in [0.4, 0.5) is 17.6 Å². The molecule has 0 aliphatic carbocycles. The van der Waals surface area contributed by atoms with Crippen LogP contribution >= 0.6 is 0 Å². The van der Waals surface area contributed by atoms with Crippen molar-refractivity contribution in [2.24, 2.45) is 4.40 Å². The van der Waals surface area contributed by atoms with E-state index < -0.39 is 32.6 Å². The molecule has 0 atom stereocenters. The average Bonchev–Trinajstić information content (AvgIpc) is 2.95. The second-order valence-electron chi connectivity index (χ2n) is 4.93. The first-order chi connectivity index (χ1) is 11.0. The Morgan fingerprint density at radius 1 is 1.29 bits per heavy atom. The minimum atomic E-state index is -4.67. The average molecular weight is 364 g/mol. The van der Waals surface area contributed by atoms with Crippen molar-refractivity contribution >= 4 is 16.4 Å². The summed E-state index contributed by atoms with van der Waals surface area (Å²) in [4.78, 5) is 6.42. The standard InChI is InChI=1S/C13H12F4N4O2S/c1-21(2)7-19-24(22,23)8-3-4-9(10(14)5-8)12-18-6-11(20-12)13(15,16)17/h3-7H,1-2H3,(H,18,20)/b19-7+. The summed E-state index contributed by atoms with van der Waals surface area (Å²) in [6, 6.07) is 2.73. The Labute approximate surface area is 134 Å². The van der Waals surface area contributed by atoms with Crippen LogP contribution in [0.5, 0.6) is 0 Å². The molecule has 0 unspecified atom stereocenters. The Bertz CT molecular complexity index is 872. The van der Waals surface area contributed by atoms with E-state index in [-0.39, 0.29) is 11.4 Å². The van der Waals surface area contributed by atoms with Gasteiger partial charge in [-0.15, -0.1) is 4.40 Å². The normalized spacial score (nSPS) is 12.8. The number of aromatic amines is 1. The Hall–Kier alpha value is -2.43. The zero-order valence-electron chi connectivity index (χ0n) is 12.5. The molecular weight excluding hydrogens is 352 g/mol. The van der Waals surface area contributed by atoms with Gasteiger partial charge in [0, 0.05) is 20.3 Å². The van der Waals surface area contributed by atoms with E-state index in [0.29, 0.717) is 12.3 Å². The molecule has 0 saturated carbocycles. The molecule has 0 radical (unpaired) electrons. The van der Waals surface area contributed by atoms with Gasteiger partial charge < -0.3 is 9.88 Å². The molecule has 0 amide bonds. The molecule has 0 aliphatic rings. The van der Waals surface area contributed by atoms with E-state index in [0.717, 1.165) is 18.5 Å². The second kappa shape index (κ2) is 6.23. The molecule has 130 valence electrons. The number of nitrogens with one attached hydrogen (secondary N) is 1. The predicted molar refractivity (Wildman–Crippen MR) is 78.3 cm³/mol. The number of benzene rings is 1. The first-order valence-corrected chi connectivity index (χ1v) is 7.84. The number of nitrogens with zero attached hydrogens (tertiary/aromatic N) is 3. The van der Waals surface area contributed by atoms with Crippen molar-refractivity contribution in [3.05, 3.63) is 35.9 Å². The minimum absolute atomic E-state index is 0.291. The van der Waals surface area contributed by atoms with Gasteiger partial charge in [-0.1, -0.05) is 0 Å². The van der Waals surface area contributed by atoms with Gasteiger partial charge in [0.1, 0.15) is 18.0 Å². The summed E-state index contributed by atoms with van der Waals surface area (Å²) in [7, 11) is -1.01. The number of imidazole rings is 1. The fourth-order valence-corrected chi connectivity index (χ4v) is 2.60. The molecule has 0 bridgehead atoms. The lowest BCUT2D eigenvalue weighted by Crippen LogP contribution is -2.10. The van der Waals surface area contributed by atoms with Crippen molar-refractivity contribution < 1.29 is 26.0 Å². The van der Waals surface area contributed by atoms with Crippen LogP contribution < -0.4 is 0 Å². The highest BCUT2D eigenvalue weighted by molar-refractivity contribution is 7.90. The van der Waals surface area contributed by atoms with Gasteiger partial charge in [0.25, 0.3) is 10.0 Å². The summed E-state index contributed by atoms with van der Waals surface area (Å²) in [5.41, 5.74) is -1.50. The smallest absolute Gasteiger partial charge is 0.368 e. The maximum atomic E-state index is 14.1. The zero-order chi connectivity index (χ0) is 18.1. The highest BCUT2D eigenvalue weighted by Crippen LogP contribution is 2.30. The van der Waals surface area contributed by atoms with Crippen LogP contribution in [0.2, 0.25) is 0 Å². The summed E-state index contributed by atoms with van der Waals surface area (Å²) in [6.07, 6.45) is -3.04. The van der Waals surface area contributed by atoms with E-state index in [9.17, 15) is 26.0 Å². The zero-order valence-corrected chi connectivity index (χ0v) is 13.3. The van der Waals surface area contributed by atoms with Gasteiger partial charge in [0.05, 0.1) is 10.5 Å². The highest BCUT2D eigenvalue weighted by Gasteiger charge is 2.34. The highest BCUT2D eigenvalue weighted by atomic mass is 32.2. The summed E-state index contributed by atoms with van der Waals surface area (Å²) in [5, 5.41) is 0. The second-order valence-corrected chi connectivity index (χ2v) is 6.57. The summed E-state index contributed by atoms with van der Waals surface area (Å²) in [5.74, 6) is -1.40. The SMILES string of the molecule is CN(C)/C=N/S(=O)(=O)c1ccc(-c2nc(C(F)(F)F)c[nH]2)c(F)c1. The number of H-pyrrole nitrogens is 1. The van der Waals surface area contributed by atoms with Crippen LogP contribution in [0, 0.1) is 5.82 Å². The fraction of sp³-hybridized carbons (Fsp3) is 0.231.